The molecule has 2 aliphatic rings. The first kappa shape index (κ1) is 23.2. The van der Waals surface area contributed by atoms with E-state index in [1.54, 1.807) is 12.3 Å². The molecule has 0 spiro atoms. The molecule has 2 heterocycles. The molecular weight excluding hydrogens is 404 g/mol. The average Bonchev–Trinajstić information content (AvgIpc) is 3.39. The second-order valence-corrected chi connectivity index (χ2v) is 8.76. The van der Waals surface area contributed by atoms with E-state index in [-0.39, 0.29) is 16.7 Å². The molecule has 4 rings (SSSR count). The molecule has 2 aliphatic heterocycles. The van der Waals surface area contributed by atoms with Crippen LogP contribution in [0.2, 0.25) is 0 Å². The van der Waals surface area contributed by atoms with Crippen molar-refractivity contribution in [2.24, 2.45) is 9.98 Å². The summed E-state index contributed by atoms with van der Waals surface area (Å²) >= 11 is 0. The molecule has 0 radical (unpaired) electrons. The fourth-order valence-electron chi connectivity index (χ4n) is 3.59. The molecule has 0 bridgehead atoms. The van der Waals surface area contributed by atoms with Crippen LogP contribution in [0.3, 0.4) is 0 Å². The summed E-state index contributed by atoms with van der Waals surface area (Å²) in [7, 11) is 3.94. The monoisotopic (exact) mass is 436 g/mol. The van der Waals surface area contributed by atoms with Gasteiger partial charge >= 0.3 is 0 Å². The van der Waals surface area contributed by atoms with E-state index < -0.39 is 0 Å². The summed E-state index contributed by atoms with van der Waals surface area (Å²) in [4.78, 5) is 23.2. The van der Waals surface area contributed by atoms with Crippen LogP contribution < -0.4 is 15.5 Å². The van der Waals surface area contributed by atoms with E-state index in [0.29, 0.717) is 18.3 Å². The molecule has 8 heteroatoms. The Morgan fingerprint density at radius 1 is 0.875 bits per heavy atom. The molecule has 0 saturated heterocycles. The standard InChI is InChI=1S/C12H15N3O2.C12H17N3/c1-8(2)14(3)11-4-9-6-13-7-10(9)5-12(11)15(16)17;1-8(2)15(3)12-5-10-7-14-6-9(10)4-11(12)13/h4-5,7-8H,6H2,1-3H3;4-6,8H,7,13H2,1-3H3. The van der Waals surface area contributed by atoms with Crippen LogP contribution >= 0.6 is 0 Å². The second-order valence-electron chi connectivity index (χ2n) is 8.76. The molecule has 170 valence electrons. The van der Waals surface area contributed by atoms with E-state index in [1.807, 2.05) is 44.1 Å². The molecule has 2 aromatic carbocycles. The third-order valence-corrected chi connectivity index (χ3v) is 6.01. The van der Waals surface area contributed by atoms with Gasteiger partial charge in [-0.3, -0.25) is 20.1 Å². The van der Waals surface area contributed by atoms with Crippen molar-refractivity contribution in [2.75, 3.05) is 29.6 Å². The van der Waals surface area contributed by atoms with E-state index in [2.05, 4.69) is 41.8 Å². The predicted octanol–water partition coefficient (Wildman–Crippen LogP) is 4.42. The first-order chi connectivity index (χ1) is 15.1. The summed E-state index contributed by atoms with van der Waals surface area (Å²) in [5, 5.41) is 11.1. The normalized spacial score (nSPS) is 13.1. The third-order valence-electron chi connectivity index (χ3n) is 6.01. The molecule has 0 aromatic heterocycles. The number of anilines is 3. The lowest BCUT2D eigenvalue weighted by Crippen LogP contribution is -2.26. The lowest BCUT2D eigenvalue weighted by molar-refractivity contribution is -0.384. The summed E-state index contributed by atoms with van der Waals surface area (Å²) < 4.78 is 0. The van der Waals surface area contributed by atoms with Crippen molar-refractivity contribution < 1.29 is 4.92 Å². The lowest BCUT2D eigenvalue weighted by atomic mass is 10.1. The minimum atomic E-state index is -0.333. The average molecular weight is 437 g/mol. The van der Waals surface area contributed by atoms with Crippen LogP contribution in [-0.2, 0) is 13.1 Å². The number of hydrogen-bond acceptors (Lipinski definition) is 7. The topological polar surface area (TPSA) is 100 Å². The minimum absolute atomic E-state index is 0.147. The maximum Gasteiger partial charge on any atom is 0.293 e. The van der Waals surface area contributed by atoms with Crippen LogP contribution in [-0.4, -0.2) is 43.5 Å². The number of benzene rings is 2. The molecule has 32 heavy (non-hydrogen) atoms. The van der Waals surface area contributed by atoms with Crippen molar-refractivity contribution in [1.82, 2.24) is 0 Å². The highest BCUT2D eigenvalue weighted by Crippen LogP contribution is 2.33. The smallest absolute Gasteiger partial charge is 0.293 e. The van der Waals surface area contributed by atoms with Crippen molar-refractivity contribution in [3.63, 3.8) is 0 Å². The van der Waals surface area contributed by atoms with Crippen LogP contribution in [0, 0.1) is 10.1 Å². The van der Waals surface area contributed by atoms with Gasteiger partial charge in [-0.25, -0.2) is 0 Å². The summed E-state index contributed by atoms with van der Waals surface area (Å²) in [5.41, 5.74) is 13.1. The number of rotatable bonds is 5. The Hall–Kier alpha value is -3.42. The van der Waals surface area contributed by atoms with Gasteiger partial charge in [-0.15, -0.1) is 0 Å². The Morgan fingerprint density at radius 2 is 1.34 bits per heavy atom. The molecular formula is C24H32N6O2. The molecule has 0 atom stereocenters. The van der Waals surface area contributed by atoms with Gasteiger partial charge < -0.3 is 15.5 Å². The minimum Gasteiger partial charge on any atom is -0.397 e. The molecule has 0 unspecified atom stereocenters. The molecule has 2 aromatic rings. The first-order valence-electron chi connectivity index (χ1n) is 10.8. The van der Waals surface area contributed by atoms with Gasteiger partial charge in [0.05, 0.1) is 29.4 Å². The van der Waals surface area contributed by atoms with Crippen LogP contribution in [0.5, 0.6) is 0 Å². The van der Waals surface area contributed by atoms with Crippen molar-refractivity contribution >= 4 is 35.2 Å². The van der Waals surface area contributed by atoms with Gasteiger partial charge in [0.1, 0.15) is 5.69 Å². The third kappa shape index (κ3) is 4.74. The Balaban J connectivity index is 0.000000182. The largest absolute Gasteiger partial charge is 0.397 e. The quantitative estimate of drug-likeness (QED) is 0.425. The van der Waals surface area contributed by atoms with Crippen LogP contribution in [0.25, 0.3) is 0 Å². The maximum absolute atomic E-state index is 11.1. The van der Waals surface area contributed by atoms with E-state index in [0.717, 1.165) is 34.6 Å². The summed E-state index contributed by atoms with van der Waals surface area (Å²) in [5.74, 6) is 0. The van der Waals surface area contributed by atoms with Crippen molar-refractivity contribution in [3.05, 3.63) is 56.6 Å². The van der Waals surface area contributed by atoms with E-state index in [4.69, 9.17) is 5.73 Å². The SMILES string of the molecule is CC(C)N(C)c1cc2c(cc1N)C=NC2.CC(C)N(C)c1cc2c(cc1[N+](=O)[O-])C=NC2. The lowest BCUT2D eigenvalue weighted by Gasteiger charge is -2.25. The Morgan fingerprint density at radius 3 is 1.84 bits per heavy atom. The van der Waals surface area contributed by atoms with Crippen molar-refractivity contribution in [2.45, 2.75) is 52.9 Å². The van der Waals surface area contributed by atoms with Gasteiger partial charge in [0.15, 0.2) is 0 Å². The molecule has 0 fully saturated rings. The van der Waals surface area contributed by atoms with Crippen LogP contribution in [0.1, 0.15) is 49.9 Å². The van der Waals surface area contributed by atoms with Gasteiger partial charge in [0.2, 0.25) is 0 Å². The number of nitrogens with two attached hydrogens (primary N) is 1. The van der Waals surface area contributed by atoms with Gasteiger partial charge in [0, 0.05) is 50.2 Å². The summed E-state index contributed by atoms with van der Waals surface area (Å²) in [6.07, 6.45) is 3.59. The summed E-state index contributed by atoms with van der Waals surface area (Å²) in [6, 6.07) is 8.32. The Kier molecular flexibility index (Phi) is 6.81. The Bertz CT molecular complexity index is 1070. The van der Waals surface area contributed by atoms with Gasteiger partial charge in [-0.05, 0) is 62.6 Å². The Labute approximate surface area is 189 Å². The van der Waals surface area contributed by atoms with Crippen LogP contribution in [0.15, 0.2) is 34.3 Å². The van der Waals surface area contributed by atoms with Crippen LogP contribution in [0.4, 0.5) is 22.7 Å². The van der Waals surface area contributed by atoms with E-state index >= 15 is 0 Å². The highest BCUT2D eigenvalue weighted by molar-refractivity contribution is 5.89. The number of nitrogen functional groups attached to an aromatic ring is 1. The number of aliphatic imine (C=N–C) groups is 2. The fourth-order valence-corrected chi connectivity index (χ4v) is 3.59. The predicted molar refractivity (Wildman–Crippen MR) is 134 cm³/mol. The second kappa shape index (κ2) is 9.38. The number of fused-ring (bicyclic) bond motifs is 2. The molecule has 0 aliphatic carbocycles. The molecule has 8 nitrogen and oxygen atoms in total. The van der Waals surface area contributed by atoms with Crippen molar-refractivity contribution in [3.8, 4) is 0 Å². The number of nitrogens with zero attached hydrogens (tertiary/aromatic N) is 5. The zero-order valence-corrected chi connectivity index (χ0v) is 19.7. The fraction of sp³-hybridized carbons (Fsp3) is 0.417. The maximum atomic E-state index is 11.1. The van der Waals surface area contributed by atoms with E-state index in [1.165, 1.54) is 5.56 Å². The zero-order valence-electron chi connectivity index (χ0n) is 19.7. The van der Waals surface area contributed by atoms with Gasteiger partial charge in [-0.1, -0.05) is 0 Å². The molecule has 2 N–H and O–H groups in total. The van der Waals surface area contributed by atoms with Gasteiger partial charge in [-0.2, -0.15) is 0 Å². The number of nitro groups is 1. The first-order valence-corrected chi connectivity index (χ1v) is 10.8. The number of nitro benzene ring substituents is 1. The summed E-state index contributed by atoms with van der Waals surface area (Å²) in [6.45, 7) is 9.73. The van der Waals surface area contributed by atoms with Crippen molar-refractivity contribution in [1.29, 1.82) is 0 Å². The highest BCUT2D eigenvalue weighted by atomic mass is 16.6. The van der Waals surface area contributed by atoms with Gasteiger partial charge in [0.25, 0.3) is 5.69 Å². The highest BCUT2D eigenvalue weighted by Gasteiger charge is 2.22. The van der Waals surface area contributed by atoms with E-state index in [9.17, 15) is 10.1 Å². The molecule has 0 saturated carbocycles. The molecule has 0 amide bonds. The number of hydrogen-bond donors (Lipinski definition) is 1. The zero-order chi connectivity index (χ0) is 23.6.